The lowest BCUT2D eigenvalue weighted by atomic mass is 9.92. The van der Waals surface area contributed by atoms with E-state index in [9.17, 15) is 0 Å². The van der Waals surface area contributed by atoms with Gasteiger partial charge in [-0.15, -0.1) is 0 Å². The molecule has 30 heavy (non-hydrogen) atoms. The molecule has 0 atom stereocenters. The van der Waals surface area contributed by atoms with E-state index in [0.29, 0.717) is 0 Å². The molecule has 4 heteroatoms. The van der Waals surface area contributed by atoms with Gasteiger partial charge in [-0.05, 0) is 47.9 Å². The molecule has 2 aliphatic heterocycles. The monoisotopic (exact) mass is 520 g/mol. The lowest BCUT2D eigenvalue weighted by molar-refractivity contribution is 0.620. The maximum Gasteiger partial charge on any atom is 0.0446 e. The molecular weight excluding hydrogens is 500 g/mol. The van der Waals surface area contributed by atoms with E-state index >= 15 is 0 Å². The molecule has 0 unspecified atom stereocenters. The predicted molar refractivity (Wildman–Crippen MR) is 136 cm³/mol. The molecule has 150 valence electrons. The van der Waals surface area contributed by atoms with E-state index < -0.39 is 0 Å². The topological polar surface area (TPSA) is 6.48 Å². The highest BCUT2D eigenvalue weighted by molar-refractivity contribution is 9.11. The van der Waals surface area contributed by atoms with Crippen molar-refractivity contribution in [3.63, 3.8) is 0 Å². The fourth-order valence-electron chi connectivity index (χ4n) is 4.80. The van der Waals surface area contributed by atoms with E-state index in [1.54, 1.807) is 0 Å². The summed E-state index contributed by atoms with van der Waals surface area (Å²) in [6, 6.07) is 22.4. The summed E-state index contributed by atoms with van der Waals surface area (Å²) in [6.45, 7) is 4.62. The van der Waals surface area contributed by atoms with Crippen molar-refractivity contribution in [1.82, 2.24) is 0 Å². The highest BCUT2D eigenvalue weighted by atomic mass is 79.9. The van der Waals surface area contributed by atoms with Crippen molar-refractivity contribution in [1.29, 1.82) is 0 Å². The maximum absolute atomic E-state index is 3.89. The van der Waals surface area contributed by atoms with E-state index in [1.807, 2.05) is 0 Å². The average Bonchev–Trinajstić information content (AvgIpc) is 2.66. The number of hydrogen-bond acceptors (Lipinski definition) is 2. The number of anilines is 2. The van der Waals surface area contributed by atoms with Gasteiger partial charge in [0.15, 0.2) is 0 Å². The normalized spacial score (nSPS) is 16.1. The largest absolute Gasteiger partial charge is 0.371 e. The van der Waals surface area contributed by atoms with Crippen LogP contribution >= 0.6 is 31.9 Å². The predicted octanol–water partition coefficient (Wildman–Crippen LogP) is 7.61. The van der Waals surface area contributed by atoms with Crippen LogP contribution < -0.4 is 9.80 Å². The summed E-state index contributed by atoms with van der Waals surface area (Å²) < 4.78 is 2.27. The fourth-order valence-corrected chi connectivity index (χ4v) is 5.89. The van der Waals surface area contributed by atoms with Crippen molar-refractivity contribution >= 4 is 64.8 Å². The van der Waals surface area contributed by atoms with Crippen LogP contribution in [0.1, 0.15) is 12.8 Å². The smallest absolute Gasteiger partial charge is 0.0446 e. The van der Waals surface area contributed by atoms with Crippen LogP contribution in [0.2, 0.25) is 0 Å². The summed E-state index contributed by atoms with van der Waals surface area (Å²) in [5.74, 6) is 0. The third-order valence-electron chi connectivity index (χ3n) is 6.62. The highest BCUT2D eigenvalue weighted by Crippen LogP contribution is 2.46. The third kappa shape index (κ3) is 2.80. The Kier molecular flexibility index (Phi) is 4.54. The van der Waals surface area contributed by atoms with Crippen molar-refractivity contribution in [2.75, 3.05) is 36.0 Å². The van der Waals surface area contributed by atoms with Crippen molar-refractivity contribution in [3.8, 4) is 11.1 Å². The van der Waals surface area contributed by atoms with Crippen LogP contribution in [0.3, 0.4) is 0 Å². The first-order chi connectivity index (χ1) is 14.7. The second-order valence-electron chi connectivity index (χ2n) is 8.27. The Morgan fingerprint density at radius 1 is 0.500 bits per heavy atom. The molecule has 0 N–H and O–H groups in total. The average molecular weight is 522 g/mol. The van der Waals surface area contributed by atoms with Gasteiger partial charge in [-0.1, -0.05) is 68.3 Å². The minimum Gasteiger partial charge on any atom is -0.371 e. The Bertz CT molecular complexity index is 1190. The SMILES string of the molecule is Brc1ccc2c(N3CCC3)cccc2c1-c1c(Br)ccc2c(N3CCC3)cccc12. The maximum atomic E-state index is 3.89. The van der Waals surface area contributed by atoms with Crippen LogP contribution in [0.15, 0.2) is 69.6 Å². The number of rotatable bonds is 3. The minimum absolute atomic E-state index is 1.14. The zero-order chi connectivity index (χ0) is 20.2. The van der Waals surface area contributed by atoms with E-state index in [4.69, 9.17) is 0 Å². The fraction of sp³-hybridized carbons (Fsp3) is 0.231. The van der Waals surface area contributed by atoms with Gasteiger partial charge in [-0.25, -0.2) is 0 Å². The quantitative estimate of drug-likeness (QED) is 0.274. The summed E-state index contributed by atoms with van der Waals surface area (Å²) in [6.07, 6.45) is 2.57. The summed E-state index contributed by atoms with van der Waals surface area (Å²) in [7, 11) is 0. The van der Waals surface area contributed by atoms with Crippen molar-refractivity contribution in [2.24, 2.45) is 0 Å². The van der Waals surface area contributed by atoms with E-state index in [0.717, 1.165) is 35.1 Å². The standard InChI is InChI=1S/C26H22Br2N2/c27-21-11-9-17-19(5-1-7-23(17)29-13-3-14-29)25(21)26-20-6-2-8-24(30-15-4-16-30)18(20)10-12-22(26)28/h1-2,5-12H,3-4,13-16H2. The van der Waals surface area contributed by atoms with Gasteiger partial charge in [-0.3, -0.25) is 0 Å². The molecule has 0 aliphatic carbocycles. The summed E-state index contributed by atoms with van der Waals surface area (Å²) in [5.41, 5.74) is 5.25. The van der Waals surface area contributed by atoms with Crippen molar-refractivity contribution in [2.45, 2.75) is 12.8 Å². The molecule has 0 spiro atoms. The van der Waals surface area contributed by atoms with Gasteiger partial charge in [0.05, 0.1) is 0 Å². The van der Waals surface area contributed by atoms with Gasteiger partial charge in [-0.2, -0.15) is 0 Å². The second-order valence-corrected chi connectivity index (χ2v) is 9.98. The molecule has 2 heterocycles. The van der Waals surface area contributed by atoms with E-state index in [-0.39, 0.29) is 0 Å². The highest BCUT2D eigenvalue weighted by Gasteiger charge is 2.22. The third-order valence-corrected chi connectivity index (χ3v) is 7.94. The van der Waals surface area contributed by atoms with Gasteiger partial charge in [0, 0.05) is 68.4 Å². The lowest BCUT2D eigenvalue weighted by Crippen LogP contribution is -2.37. The van der Waals surface area contributed by atoms with E-state index in [2.05, 4.69) is 102 Å². The van der Waals surface area contributed by atoms with Crippen molar-refractivity contribution < 1.29 is 0 Å². The summed E-state index contributed by atoms with van der Waals surface area (Å²) in [4.78, 5) is 4.97. The second kappa shape index (κ2) is 7.28. The number of hydrogen-bond donors (Lipinski definition) is 0. The Morgan fingerprint density at radius 3 is 1.30 bits per heavy atom. The molecule has 0 saturated carbocycles. The zero-order valence-electron chi connectivity index (χ0n) is 16.7. The molecule has 0 aromatic heterocycles. The van der Waals surface area contributed by atoms with Gasteiger partial charge < -0.3 is 9.80 Å². The van der Waals surface area contributed by atoms with Crippen LogP contribution in [0, 0.1) is 0 Å². The number of fused-ring (bicyclic) bond motifs is 2. The van der Waals surface area contributed by atoms with E-state index in [1.165, 1.54) is 56.9 Å². The molecule has 2 fully saturated rings. The summed E-state index contributed by atoms with van der Waals surface area (Å²) in [5, 5.41) is 5.27. The first-order valence-electron chi connectivity index (χ1n) is 10.6. The Labute approximate surface area is 193 Å². The lowest BCUT2D eigenvalue weighted by Gasteiger charge is -2.34. The molecule has 2 nitrogen and oxygen atoms in total. The van der Waals surface area contributed by atoms with Gasteiger partial charge in [0.2, 0.25) is 0 Å². The van der Waals surface area contributed by atoms with Crippen LogP contribution in [0.5, 0.6) is 0 Å². The molecule has 4 aromatic rings. The zero-order valence-corrected chi connectivity index (χ0v) is 19.8. The van der Waals surface area contributed by atoms with Gasteiger partial charge >= 0.3 is 0 Å². The molecule has 0 radical (unpaired) electrons. The molecule has 6 rings (SSSR count). The first-order valence-corrected chi connectivity index (χ1v) is 12.2. The number of halogens is 2. The molecule has 2 saturated heterocycles. The van der Waals surface area contributed by atoms with Crippen LogP contribution in [0.4, 0.5) is 11.4 Å². The van der Waals surface area contributed by atoms with Crippen LogP contribution in [0.25, 0.3) is 32.7 Å². The minimum atomic E-state index is 1.14. The van der Waals surface area contributed by atoms with Crippen LogP contribution in [-0.2, 0) is 0 Å². The molecule has 2 aliphatic rings. The molecule has 0 bridgehead atoms. The summed E-state index contributed by atoms with van der Waals surface area (Å²) >= 11 is 7.79. The van der Waals surface area contributed by atoms with Crippen LogP contribution in [-0.4, -0.2) is 26.2 Å². The van der Waals surface area contributed by atoms with Crippen molar-refractivity contribution in [3.05, 3.63) is 69.6 Å². The van der Waals surface area contributed by atoms with Gasteiger partial charge in [0.1, 0.15) is 0 Å². The Morgan fingerprint density at radius 2 is 0.933 bits per heavy atom. The number of benzene rings is 4. The molecule has 0 amide bonds. The first kappa shape index (κ1) is 18.7. The Hall–Kier alpha value is -2.04. The molecular formula is C26H22Br2N2. The Balaban J connectivity index is 1.66. The molecule has 4 aromatic carbocycles. The van der Waals surface area contributed by atoms with Gasteiger partial charge in [0.25, 0.3) is 0 Å². The number of nitrogens with zero attached hydrogens (tertiary/aromatic N) is 2.